The summed E-state index contributed by atoms with van der Waals surface area (Å²) < 4.78 is 35.5. The number of hydrogen-bond acceptors (Lipinski definition) is 3. The standard InChI is InChI=1S/C30H60O4S/c1-3-5-7-9-11-13-14-15-16-17-18-19-20-22-24-26-28-30(29-34-35(31,32)33)27-25-23-21-12-10-8-6-4-2/h26,28,30H,3-25,27,29H2,1-2H3,(H,31,32,33)/b28-26+. The zero-order chi connectivity index (χ0) is 25.9. The van der Waals surface area contributed by atoms with Crippen LogP contribution in [0.3, 0.4) is 0 Å². The number of allylic oxidation sites excluding steroid dienone is 1. The Morgan fingerprint density at radius 2 is 0.971 bits per heavy atom. The van der Waals surface area contributed by atoms with Crippen molar-refractivity contribution in [3.05, 3.63) is 12.2 Å². The van der Waals surface area contributed by atoms with Gasteiger partial charge in [0.1, 0.15) is 0 Å². The summed E-state index contributed by atoms with van der Waals surface area (Å²) in [6, 6.07) is 0. The van der Waals surface area contributed by atoms with Crippen LogP contribution in [0.1, 0.15) is 168 Å². The van der Waals surface area contributed by atoms with Gasteiger partial charge in [-0.1, -0.05) is 161 Å². The fourth-order valence-electron chi connectivity index (χ4n) is 4.69. The van der Waals surface area contributed by atoms with E-state index in [1.165, 1.54) is 135 Å². The molecule has 0 aromatic heterocycles. The lowest BCUT2D eigenvalue weighted by Gasteiger charge is -2.12. The SMILES string of the molecule is CCCCCCCCCCCCCCCC/C=C/C(CCCCCCCCCC)COS(=O)(=O)O. The maximum atomic E-state index is 11.0. The first kappa shape index (κ1) is 34.6. The summed E-state index contributed by atoms with van der Waals surface area (Å²) >= 11 is 0. The predicted molar refractivity (Wildman–Crippen MR) is 152 cm³/mol. The van der Waals surface area contributed by atoms with E-state index in [0.717, 1.165) is 19.3 Å². The van der Waals surface area contributed by atoms with E-state index in [9.17, 15) is 8.42 Å². The first-order valence-corrected chi connectivity index (χ1v) is 16.6. The van der Waals surface area contributed by atoms with Crippen molar-refractivity contribution in [1.29, 1.82) is 0 Å². The molecule has 4 nitrogen and oxygen atoms in total. The molecule has 1 N–H and O–H groups in total. The molecule has 210 valence electrons. The van der Waals surface area contributed by atoms with Crippen molar-refractivity contribution in [3.63, 3.8) is 0 Å². The molecule has 0 spiro atoms. The predicted octanol–water partition coefficient (Wildman–Crippen LogP) is 10.4. The molecule has 5 heteroatoms. The van der Waals surface area contributed by atoms with Gasteiger partial charge in [-0.15, -0.1) is 0 Å². The van der Waals surface area contributed by atoms with Crippen LogP contribution in [0, 0.1) is 5.92 Å². The van der Waals surface area contributed by atoms with Gasteiger partial charge in [0.25, 0.3) is 0 Å². The highest BCUT2D eigenvalue weighted by molar-refractivity contribution is 7.80. The van der Waals surface area contributed by atoms with Crippen molar-refractivity contribution in [2.45, 2.75) is 168 Å². The Kier molecular flexibility index (Phi) is 26.4. The molecule has 0 aromatic rings. The van der Waals surface area contributed by atoms with Crippen LogP contribution in [0.4, 0.5) is 0 Å². The van der Waals surface area contributed by atoms with E-state index < -0.39 is 10.4 Å². The van der Waals surface area contributed by atoms with Crippen LogP contribution < -0.4 is 0 Å². The summed E-state index contributed by atoms with van der Waals surface area (Å²) in [6.07, 6.45) is 35.5. The van der Waals surface area contributed by atoms with Gasteiger partial charge < -0.3 is 0 Å². The fourth-order valence-corrected chi connectivity index (χ4v) is 5.04. The average Bonchev–Trinajstić information content (AvgIpc) is 2.82. The molecule has 0 saturated heterocycles. The summed E-state index contributed by atoms with van der Waals surface area (Å²) in [7, 11) is -4.36. The van der Waals surface area contributed by atoms with Crippen LogP contribution in [0.2, 0.25) is 0 Å². The van der Waals surface area contributed by atoms with Crippen LogP contribution in [-0.2, 0) is 14.6 Å². The Bertz CT molecular complexity index is 545. The Hall–Kier alpha value is -0.390. The van der Waals surface area contributed by atoms with E-state index in [1.807, 2.05) is 0 Å². The number of hydrogen-bond donors (Lipinski definition) is 1. The Balaban J connectivity index is 3.76. The van der Waals surface area contributed by atoms with Crippen molar-refractivity contribution in [3.8, 4) is 0 Å². The maximum absolute atomic E-state index is 11.0. The van der Waals surface area contributed by atoms with Crippen molar-refractivity contribution in [2.75, 3.05) is 6.61 Å². The molecule has 0 saturated carbocycles. The second-order valence-corrected chi connectivity index (χ2v) is 11.6. The first-order valence-electron chi connectivity index (χ1n) is 15.3. The van der Waals surface area contributed by atoms with E-state index in [4.69, 9.17) is 4.55 Å². The minimum atomic E-state index is -4.36. The Morgan fingerprint density at radius 3 is 1.37 bits per heavy atom. The van der Waals surface area contributed by atoms with Crippen molar-refractivity contribution >= 4 is 10.4 Å². The third kappa shape index (κ3) is 29.7. The second-order valence-electron chi connectivity index (χ2n) is 10.5. The van der Waals surface area contributed by atoms with E-state index >= 15 is 0 Å². The lowest BCUT2D eigenvalue weighted by Crippen LogP contribution is -2.12. The van der Waals surface area contributed by atoms with E-state index in [1.54, 1.807) is 0 Å². The zero-order valence-corrected chi connectivity index (χ0v) is 24.3. The van der Waals surface area contributed by atoms with E-state index in [-0.39, 0.29) is 12.5 Å². The minimum Gasteiger partial charge on any atom is -0.264 e. The van der Waals surface area contributed by atoms with Gasteiger partial charge in [-0.2, -0.15) is 8.42 Å². The summed E-state index contributed by atoms with van der Waals surface area (Å²) in [5.74, 6) is 0.0589. The molecule has 1 unspecified atom stereocenters. The molecule has 0 aliphatic heterocycles. The molecule has 0 aliphatic rings. The van der Waals surface area contributed by atoms with Gasteiger partial charge in [-0.25, -0.2) is 4.18 Å². The van der Waals surface area contributed by atoms with Gasteiger partial charge in [0.15, 0.2) is 0 Å². The summed E-state index contributed by atoms with van der Waals surface area (Å²) in [4.78, 5) is 0. The molecule has 0 aliphatic carbocycles. The second kappa shape index (κ2) is 26.7. The Labute approximate surface area is 220 Å². The quantitative estimate of drug-likeness (QED) is 0.0638. The van der Waals surface area contributed by atoms with Crippen LogP contribution in [0.5, 0.6) is 0 Å². The molecular weight excluding hydrogens is 456 g/mol. The molecule has 0 bridgehead atoms. The van der Waals surface area contributed by atoms with Gasteiger partial charge in [0.2, 0.25) is 0 Å². The minimum absolute atomic E-state index is 0.0462. The first-order chi connectivity index (χ1) is 17.0. The normalized spacial score (nSPS) is 13.1. The van der Waals surface area contributed by atoms with Crippen molar-refractivity contribution in [1.82, 2.24) is 0 Å². The van der Waals surface area contributed by atoms with Crippen LogP contribution in [-0.4, -0.2) is 19.6 Å². The highest BCUT2D eigenvalue weighted by atomic mass is 32.3. The van der Waals surface area contributed by atoms with Gasteiger partial charge in [0, 0.05) is 5.92 Å². The van der Waals surface area contributed by atoms with Crippen LogP contribution in [0.15, 0.2) is 12.2 Å². The van der Waals surface area contributed by atoms with E-state index in [2.05, 4.69) is 30.2 Å². The lowest BCUT2D eigenvalue weighted by atomic mass is 9.99. The topological polar surface area (TPSA) is 63.6 Å². The van der Waals surface area contributed by atoms with Crippen LogP contribution >= 0.6 is 0 Å². The van der Waals surface area contributed by atoms with Gasteiger partial charge in [-0.05, 0) is 19.3 Å². The largest absolute Gasteiger partial charge is 0.397 e. The molecule has 0 fully saturated rings. The van der Waals surface area contributed by atoms with Crippen molar-refractivity contribution < 1.29 is 17.2 Å². The molecular formula is C30H60O4S. The van der Waals surface area contributed by atoms with Crippen molar-refractivity contribution in [2.24, 2.45) is 5.92 Å². The fraction of sp³-hybridized carbons (Fsp3) is 0.933. The molecule has 35 heavy (non-hydrogen) atoms. The molecule has 1 atom stereocenters. The smallest absolute Gasteiger partial charge is 0.264 e. The molecule has 0 heterocycles. The van der Waals surface area contributed by atoms with Gasteiger partial charge >= 0.3 is 10.4 Å². The summed E-state index contributed by atoms with van der Waals surface area (Å²) in [6.45, 7) is 4.56. The number of unbranched alkanes of at least 4 members (excludes halogenated alkanes) is 21. The molecule has 0 aromatic carbocycles. The third-order valence-corrected chi connectivity index (χ3v) is 7.43. The monoisotopic (exact) mass is 516 g/mol. The molecule has 0 amide bonds. The Morgan fingerprint density at radius 1 is 0.600 bits per heavy atom. The average molecular weight is 517 g/mol. The number of rotatable bonds is 28. The lowest BCUT2D eigenvalue weighted by molar-refractivity contribution is 0.234. The van der Waals surface area contributed by atoms with Crippen LogP contribution in [0.25, 0.3) is 0 Å². The van der Waals surface area contributed by atoms with E-state index in [0.29, 0.717) is 0 Å². The molecule has 0 radical (unpaired) electrons. The summed E-state index contributed by atoms with van der Waals surface area (Å²) in [5.41, 5.74) is 0. The highest BCUT2D eigenvalue weighted by Gasteiger charge is 2.11. The summed E-state index contributed by atoms with van der Waals surface area (Å²) in [5, 5.41) is 0. The zero-order valence-electron chi connectivity index (χ0n) is 23.5. The maximum Gasteiger partial charge on any atom is 0.397 e. The molecule has 0 rings (SSSR count). The van der Waals surface area contributed by atoms with Gasteiger partial charge in [0.05, 0.1) is 6.61 Å². The van der Waals surface area contributed by atoms with Gasteiger partial charge in [-0.3, -0.25) is 4.55 Å². The third-order valence-electron chi connectivity index (χ3n) is 6.99. The highest BCUT2D eigenvalue weighted by Crippen LogP contribution is 2.17.